The van der Waals surface area contributed by atoms with Gasteiger partial charge in [0.15, 0.2) is 0 Å². The summed E-state index contributed by atoms with van der Waals surface area (Å²) in [5.74, 6) is 0.867. The number of benzene rings is 3. The SMILES string of the molecule is COc1ccc(CO[C@H]2C[C@@H](OCc3ccccc3)[C@H](CCOCc3ccccc3)O[C@]2(C)CC(C)=O)cc1. The van der Waals surface area contributed by atoms with Gasteiger partial charge < -0.3 is 23.7 Å². The first-order chi connectivity index (χ1) is 18.9. The lowest BCUT2D eigenvalue weighted by atomic mass is 9.84. The minimum absolute atomic E-state index is 0.0679. The van der Waals surface area contributed by atoms with E-state index in [0.29, 0.717) is 39.3 Å². The van der Waals surface area contributed by atoms with E-state index in [2.05, 4.69) is 24.3 Å². The van der Waals surface area contributed by atoms with E-state index in [9.17, 15) is 4.79 Å². The summed E-state index contributed by atoms with van der Waals surface area (Å²) in [6.07, 6.45) is 0.806. The maximum absolute atomic E-state index is 12.3. The summed E-state index contributed by atoms with van der Waals surface area (Å²) >= 11 is 0. The molecule has 0 spiro atoms. The summed E-state index contributed by atoms with van der Waals surface area (Å²) in [6.45, 7) is 5.54. The second-order valence-corrected chi connectivity index (χ2v) is 10.4. The van der Waals surface area contributed by atoms with Crippen LogP contribution in [0.3, 0.4) is 0 Å². The van der Waals surface area contributed by atoms with Crippen molar-refractivity contribution in [2.24, 2.45) is 0 Å². The van der Waals surface area contributed by atoms with E-state index >= 15 is 0 Å². The number of methoxy groups -OCH3 is 1. The second kappa shape index (κ2) is 14.4. The number of carbonyl (C=O) groups excluding carboxylic acids is 1. The maximum atomic E-state index is 12.3. The van der Waals surface area contributed by atoms with Crippen LogP contribution in [-0.4, -0.2) is 43.4 Å². The highest BCUT2D eigenvalue weighted by Crippen LogP contribution is 2.37. The summed E-state index contributed by atoms with van der Waals surface area (Å²) in [7, 11) is 1.65. The molecule has 208 valence electrons. The fourth-order valence-electron chi connectivity index (χ4n) is 5.08. The third-order valence-electron chi connectivity index (χ3n) is 7.14. The van der Waals surface area contributed by atoms with E-state index in [1.807, 2.05) is 67.6 Å². The van der Waals surface area contributed by atoms with Crippen molar-refractivity contribution in [2.75, 3.05) is 13.7 Å². The largest absolute Gasteiger partial charge is 0.497 e. The Hall–Kier alpha value is -3.03. The van der Waals surface area contributed by atoms with Gasteiger partial charge in [0.1, 0.15) is 11.5 Å². The number of ether oxygens (including phenoxy) is 5. The molecule has 1 saturated heterocycles. The van der Waals surface area contributed by atoms with Gasteiger partial charge in [-0.25, -0.2) is 0 Å². The number of Topliss-reactive ketones (excluding diaryl/α,β-unsaturated/α-hetero) is 1. The van der Waals surface area contributed by atoms with Gasteiger partial charge >= 0.3 is 0 Å². The van der Waals surface area contributed by atoms with E-state index < -0.39 is 5.60 Å². The third-order valence-corrected chi connectivity index (χ3v) is 7.14. The molecule has 0 bridgehead atoms. The summed E-state index contributed by atoms with van der Waals surface area (Å²) in [5.41, 5.74) is 2.49. The molecule has 0 aromatic heterocycles. The Morgan fingerprint density at radius 2 is 1.44 bits per heavy atom. The average Bonchev–Trinajstić information content (AvgIpc) is 2.95. The Kier molecular flexibility index (Phi) is 10.7. The van der Waals surface area contributed by atoms with Crippen LogP contribution in [0.5, 0.6) is 5.75 Å². The molecule has 1 heterocycles. The lowest BCUT2D eigenvalue weighted by molar-refractivity contribution is -0.248. The molecular formula is C33H40O6. The Bertz CT molecular complexity index is 1130. The molecule has 3 aromatic carbocycles. The van der Waals surface area contributed by atoms with Gasteiger partial charge in [-0.3, -0.25) is 4.79 Å². The predicted molar refractivity (Wildman–Crippen MR) is 150 cm³/mol. The number of hydrogen-bond donors (Lipinski definition) is 0. The topological polar surface area (TPSA) is 63.2 Å². The standard InChI is InChI=1S/C33H40O6/c1-25(34)21-33(2)32(38-24-28-14-16-29(35-3)17-15-28)20-31(37-23-27-12-8-5-9-13-27)30(39-33)18-19-36-22-26-10-6-4-7-11-26/h4-17,30-32H,18-24H2,1-3H3/t30-,31+,32-,33+/m0/s1. The Labute approximate surface area is 232 Å². The minimum atomic E-state index is -0.769. The molecule has 4 rings (SSSR count). The summed E-state index contributed by atoms with van der Waals surface area (Å²) in [5, 5.41) is 0. The molecule has 6 nitrogen and oxygen atoms in total. The molecule has 0 radical (unpaired) electrons. The Morgan fingerprint density at radius 3 is 2.05 bits per heavy atom. The van der Waals surface area contributed by atoms with Crippen LogP contribution in [0.2, 0.25) is 0 Å². The molecule has 0 saturated carbocycles. The third kappa shape index (κ3) is 8.73. The van der Waals surface area contributed by atoms with Gasteiger partial charge in [-0.15, -0.1) is 0 Å². The lowest BCUT2D eigenvalue weighted by Crippen LogP contribution is -2.57. The van der Waals surface area contributed by atoms with Gasteiger partial charge in [-0.05, 0) is 49.1 Å². The van der Waals surface area contributed by atoms with Gasteiger partial charge in [-0.2, -0.15) is 0 Å². The van der Waals surface area contributed by atoms with Gasteiger partial charge in [0, 0.05) is 19.4 Å². The van der Waals surface area contributed by atoms with Crippen molar-refractivity contribution in [1.29, 1.82) is 0 Å². The van der Waals surface area contributed by atoms with E-state index in [1.54, 1.807) is 14.0 Å². The lowest BCUT2D eigenvalue weighted by Gasteiger charge is -2.47. The van der Waals surface area contributed by atoms with E-state index in [-0.39, 0.29) is 30.5 Å². The van der Waals surface area contributed by atoms with Crippen molar-refractivity contribution in [3.8, 4) is 5.75 Å². The highest BCUT2D eigenvalue weighted by Gasteiger charge is 2.47. The highest BCUT2D eigenvalue weighted by atomic mass is 16.6. The summed E-state index contributed by atoms with van der Waals surface area (Å²) in [4.78, 5) is 12.3. The van der Waals surface area contributed by atoms with Gasteiger partial charge in [0.2, 0.25) is 0 Å². The van der Waals surface area contributed by atoms with Gasteiger partial charge in [0.05, 0.1) is 50.8 Å². The molecule has 4 atom stereocenters. The molecule has 39 heavy (non-hydrogen) atoms. The fourth-order valence-corrected chi connectivity index (χ4v) is 5.08. The quantitative estimate of drug-likeness (QED) is 0.227. The molecule has 0 aliphatic carbocycles. The van der Waals surface area contributed by atoms with Crippen molar-refractivity contribution in [3.05, 3.63) is 102 Å². The zero-order valence-corrected chi connectivity index (χ0v) is 23.2. The zero-order valence-electron chi connectivity index (χ0n) is 23.2. The first-order valence-electron chi connectivity index (χ1n) is 13.6. The van der Waals surface area contributed by atoms with Crippen LogP contribution >= 0.6 is 0 Å². The number of hydrogen-bond acceptors (Lipinski definition) is 6. The zero-order chi connectivity index (χ0) is 27.5. The van der Waals surface area contributed by atoms with Crippen molar-refractivity contribution < 1.29 is 28.5 Å². The first-order valence-corrected chi connectivity index (χ1v) is 13.6. The monoisotopic (exact) mass is 532 g/mol. The van der Waals surface area contributed by atoms with Crippen LogP contribution in [0.4, 0.5) is 0 Å². The highest BCUT2D eigenvalue weighted by molar-refractivity contribution is 5.76. The molecule has 3 aromatic rings. The molecule has 1 fully saturated rings. The van der Waals surface area contributed by atoms with Crippen molar-refractivity contribution >= 4 is 5.78 Å². The van der Waals surface area contributed by atoms with E-state index in [0.717, 1.165) is 22.4 Å². The van der Waals surface area contributed by atoms with E-state index in [4.69, 9.17) is 23.7 Å². The number of ketones is 1. The fraction of sp³-hybridized carbons (Fsp3) is 0.424. The predicted octanol–water partition coefficient (Wildman–Crippen LogP) is 6.30. The minimum Gasteiger partial charge on any atom is -0.497 e. The van der Waals surface area contributed by atoms with Crippen molar-refractivity contribution in [1.82, 2.24) is 0 Å². The van der Waals surface area contributed by atoms with Crippen LogP contribution in [0.25, 0.3) is 0 Å². The van der Waals surface area contributed by atoms with Crippen LogP contribution in [0, 0.1) is 0 Å². The van der Waals surface area contributed by atoms with Crippen LogP contribution < -0.4 is 4.74 Å². The molecule has 0 N–H and O–H groups in total. The number of rotatable bonds is 14. The second-order valence-electron chi connectivity index (χ2n) is 10.4. The molecule has 1 aliphatic heterocycles. The first kappa shape index (κ1) is 29.0. The van der Waals surface area contributed by atoms with Gasteiger partial charge in [0.25, 0.3) is 0 Å². The number of carbonyl (C=O) groups is 1. The normalized spacial score (nSPS) is 22.9. The summed E-state index contributed by atoms with van der Waals surface area (Å²) in [6, 6.07) is 28.1. The Morgan fingerprint density at radius 1 is 0.846 bits per heavy atom. The van der Waals surface area contributed by atoms with Gasteiger partial charge in [-0.1, -0.05) is 72.8 Å². The van der Waals surface area contributed by atoms with Crippen LogP contribution in [-0.2, 0) is 43.6 Å². The maximum Gasteiger partial charge on any atom is 0.132 e. The molecule has 1 aliphatic rings. The smallest absolute Gasteiger partial charge is 0.132 e. The van der Waals surface area contributed by atoms with Crippen molar-refractivity contribution in [2.45, 2.75) is 76.8 Å². The van der Waals surface area contributed by atoms with E-state index in [1.165, 1.54) is 0 Å². The summed E-state index contributed by atoms with van der Waals surface area (Å²) < 4.78 is 30.9. The molecular weight excluding hydrogens is 492 g/mol. The van der Waals surface area contributed by atoms with Crippen LogP contribution in [0.15, 0.2) is 84.9 Å². The van der Waals surface area contributed by atoms with Crippen LogP contribution in [0.1, 0.15) is 49.8 Å². The molecule has 0 unspecified atom stereocenters. The average molecular weight is 533 g/mol. The van der Waals surface area contributed by atoms with Crippen molar-refractivity contribution in [3.63, 3.8) is 0 Å². The molecule has 6 heteroatoms. The molecule has 0 amide bonds. The Balaban J connectivity index is 1.45.